The molecule has 13 atom stereocenters. The molecule has 0 bridgehead atoms. The number of hydrogen-bond acceptors (Lipinski definition) is 15. The van der Waals surface area contributed by atoms with Gasteiger partial charge in [0.25, 0.3) is 0 Å². The van der Waals surface area contributed by atoms with Gasteiger partial charge in [-0.25, -0.2) is 0 Å². The van der Waals surface area contributed by atoms with Crippen LogP contribution in [0.15, 0.2) is 18.2 Å². The highest BCUT2D eigenvalue weighted by Crippen LogP contribution is 2.35. The van der Waals surface area contributed by atoms with Crippen LogP contribution in [0.1, 0.15) is 235 Å². The van der Waals surface area contributed by atoms with Crippen LogP contribution in [0, 0.1) is 70.5 Å². The zero-order valence-corrected chi connectivity index (χ0v) is 63.3. The fourth-order valence-corrected chi connectivity index (χ4v) is 14.2. The van der Waals surface area contributed by atoms with Gasteiger partial charge >= 0.3 is 0 Å². The number of fused-ring (bicyclic) bond motifs is 1. The maximum Gasteiger partial charge on any atom is 0.246 e. The molecule has 20 heteroatoms. The van der Waals surface area contributed by atoms with Crippen LogP contribution in [0.2, 0.25) is 0 Å². The number of aromatic hydroxyl groups is 1. The number of phenols is 1. The second-order valence-corrected chi connectivity index (χ2v) is 33.4. The number of hydrogen-bond donors (Lipinski definition) is 6. The lowest BCUT2D eigenvalue weighted by Crippen LogP contribution is -2.55. The zero-order valence-electron chi connectivity index (χ0n) is 61.7. The lowest BCUT2D eigenvalue weighted by atomic mass is 9.75. The van der Waals surface area contributed by atoms with Crippen molar-refractivity contribution in [1.29, 1.82) is 0 Å². The number of phenolic OH excluding ortho intramolecular Hbond substituents is 1. The maximum atomic E-state index is 15.4. The molecule has 0 radical (unpaired) electrons. The molecule has 93 heavy (non-hydrogen) atoms. The molecule has 0 aromatic heterocycles. The molecule has 3 rings (SSSR count). The average molecular weight is 1340 g/mol. The van der Waals surface area contributed by atoms with Crippen LogP contribution < -0.4 is 26.6 Å². The summed E-state index contributed by atoms with van der Waals surface area (Å²) < 4.78 is 0. The summed E-state index contributed by atoms with van der Waals surface area (Å²) in [5.74, 6) is -9.96. The quantitative estimate of drug-likeness (QED) is 0.0589. The molecule has 1 aromatic carbocycles. The number of benzene rings is 1. The van der Waals surface area contributed by atoms with Gasteiger partial charge in [0.1, 0.15) is 17.6 Å². The molecule has 2 heterocycles. The van der Waals surface area contributed by atoms with E-state index in [-0.39, 0.29) is 116 Å². The summed E-state index contributed by atoms with van der Waals surface area (Å²) in [4.78, 5) is 160. The largest absolute Gasteiger partial charge is 0.508 e. The number of rotatable bonds is 22. The Kier molecular flexibility index (Phi) is 35.8. The predicted octanol–water partition coefficient (Wildman–Crippen LogP) is 11.7. The van der Waals surface area contributed by atoms with E-state index in [1.807, 2.05) is 125 Å². The Morgan fingerprint density at radius 2 is 1.29 bits per heavy atom. The fraction of sp³-hybridized carbons (Fsp3) is 0.767. The molecule has 1 aromatic rings. The van der Waals surface area contributed by atoms with Gasteiger partial charge in [-0.2, -0.15) is 0 Å². The number of amides is 5. The molecular formula is C73H124N6O12S2. The molecule has 0 aliphatic carbocycles. The maximum absolute atomic E-state index is 15.4. The Morgan fingerprint density at radius 3 is 1.82 bits per heavy atom. The number of carbonyl (C=O) groups is 11. The smallest absolute Gasteiger partial charge is 0.246 e. The molecule has 0 saturated carbocycles. The molecule has 2 aliphatic rings. The van der Waals surface area contributed by atoms with Crippen molar-refractivity contribution in [3.05, 3.63) is 29.3 Å². The van der Waals surface area contributed by atoms with Crippen molar-refractivity contribution >= 4 is 85.8 Å². The van der Waals surface area contributed by atoms with Crippen LogP contribution in [0.25, 0.3) is 0 Å². The van der Waals surface area contributed by atoms with E-state index in [4.69, 9.17) is 0 Å². The number of ketones is 6. The van der Waals surface area contributed by atoms with Crippen LogP contribution in [-0.4, -0.2) is 134 Å². The monoisotopic (exact) mass is 1340 g/mol. The van der Waals surface area contributed by atoms with E-state index in [0.717, 1.165) is 21.6 Å². The third-order valence-electron chi connectivity index (χ3n) is 17.1. The first-order valence-corrected chi connectivity index (χ1v) is 36.8. The van der Waals surface area contributed by atoms with Gasteiger partial charge < -0.3 is 36.6 Å². The van der Waals surface area contributed by atoms with Gasteiger partial charge in [0.15, 0.2) is 28.9 Å². The average Bonchev–Trinajstić information content (AvgIpc) is 1.76. The lowest BCUT2D eigenvalue weighted by Gasteiger charge is -2.35. The van der Waals surface area contributed by atoms with Crippen LogP contribution in [0.3, 0.4) is 0 Å². The van der Waals surface area contributed by atoms with Gasteiger partial charge in [-0.15, -0.1) is 0 Å². The van der Waals surface area contributed by atoms with Gasteiger partial charge in [0.2, 0.25) is 29.5 Å². The molecule has 2 unspecified atom stereocenters. The van der Waals surface area contributed by atoms with E-state index in [1.54, 1.807) is 53.7 Å². The van der Waals surface area contributed by atoms with Crippen molar-refractivity contribution in [2.24, 2.45) is 63.6 Å². The highest BCUT2D eigenvalue weighted by Gasteiger charge is 2.45. The molecule has 530 valence electrons. The summed E-state index contributed by atoms with van der Waals surface area (Å²) in [5.41, 5.74) is -0.926. The number of nitrogens with one attached hydrogen (secondary N) is 5. The standard InChI is InChI=1S/C69H112N6O12S2.2C2H6/c1-22-40(5)59(58(81)28-42(7)60(82)68(16,17)18)73-61(83)43(8)29-55(78)50-36-88-89-37-51(72-64(86)48(67(13,14)15)33-56(79)49(34-66(10,11)12)74-69(19,20)21)65(87)75-35-39(4)26-52(75)57(80)32-47(30-45-23-24-53(76)41(6)27-45)62(84)70-44(9)54(77)31-46(25-38(2)3)63(85)71-50;2*1-2/h23-24,27,38-40,42-44,46-52,59,74,76H,22,25-26,28-37H2,1-21H3,(H,70,84)(H,71,85)(H,72,86)(H,73,83);2*1-2H3/t39-,40?,42-,43-,44+,46-,47-,48?,49+,50+,51+,52-,59+;;/m1../s1. The lowest BCUT2D eigenvalue weighted by molar-refractivity contribution is -0.142. The van der Waals surface area contributed by atoms with Crippen molar-refractivity contribution in [1.82, 2.24) is 31.5 Å². The summed E-state index contributed by atoms with van der Waals surface area (Å²) in [6.45, 7) is 47.1. The summed E-state index contributed by atoms with van der Waals surface area (Å²) in [6, 6.07) is -1.26. The summed E-state index contributed by atoms with van der Waals surface area (Å²) in [7, 11) is 2.31. The molecule has 0 spiro atoms. The molecule has 18 nitrogen and oxygen atoms in total. The third-order valence-corrected chi connectivity index (χ3v) is 19.5. The first kappa shape index (κ1) is 86.1. The topological polar surface area (TPSA) is 271 Å². The van der Waals surface area contributed by atoms with Crippen LogP contribution in [0.4, 0.5) is 0 Å². The van der Waals surface area contributed by atoms with Gasteiger partial charge in [-0.1, -0.05) is 179 Å². The summed E-state index contributed by atoms with van der Waals surface area (Å²) in [6.07, 6.45) is 0.390. The van der Waals surface area contributed by atoms with Crippen molar-refractivity contribution in [3.63, 3.8) is 0 Å². The van der Waals surface area contributed by atoms with Gasteiger partial charge in [-0.3, -0.25) is 52.7 Å². The Hall–Kier alpha value is -4.95. The van der Waals surface area contributed by atoms with Crippen molar-refractivity contribution < 1.29 is 57.8 Å². The minimum atomic E-state index is -1.27. The van der Waals surface area contributed by atoms with Crippen LogP contribution in [0.5, 0.6) is 5.75 Å². The Bertz CT molecular complexity index is 2670. The Labute approximate surface area is 568 Å². The van der Waals surface area contributed by atoms with Gasteiger partial charge in [0, 0.05) is 90.7 Å². The second-order valence-electron chi connectivity index (χ2n) is 30.9. The fourth-order valence-electron chi connectivity index (χ4n) is 11.8. The van der Waals surface area contributed by atoms with Crippen LogP contribution in [-0.2, 0) is 59.2 Å². The molecule has 6 N–H and O–H groups in total. The summed E-state index contributed by atoms with van der Waals surface area (Å²) >= 11 is 0. The van der Waals surface area contributed by atoms with E-state index in [0.29, 0.717) is 24.0 Å². The van der Waals surface area contributed by atoms with Crippen LogP contribution >= 0.6 is 21.6 Å². The number of carbonyl (C=O) groups excluding carboxylic acids is 11. The molecule has 2 saturated heterocycles. The molecular weight excluding hydrogens is 1220 g/mol. The predicted molar refractivity (Wildman–Crippen MR) is 377 cm³/mol. The van der Waals surface area contributed by atoms with Gasteiger partial charge in [0.05, 0.1) is 30.2 Å². The minimum Gasteiger partial charge on any atom is -0.508 e. The van der Waals surface area contributed by atoms with E-state index < -0.39 is 129 Å². The van der Waals surface area contributed by atoms with E-state index >= 15 is 9.59 Å². The summed E-state index contributed by atoms with van der Waals surface area (Å²) in [5, 5.41) is 25.5. The van der Waals surface area contributed by atoms with Crippen molar-refractivity contribution in [2.45, 2.75) is 279 Å². The number of aryl methyl sites for hydroxylation is 1. The Morgan fingerprint density at radius 1 is 0.720 bits per heavy atom. The number of nitrogens with zero attached hydrogens (tertiary/aromatic N) is 1. The third kappa shape index (κ3) is 29.1. The van der Waals surface area contributed by atoms with Crippen molar-refractivity contribution in [2.75, 3.05) is 18.1 Å². The number of Topliss-reactive ketones (excluding diaryl/α,β-unsaturated/α-hetero) is 6. The highest BCUT2D eigenvalue weighted by atomic mass is 33.1. The normalized spacial score (nSPS) is 23.0. The molecule has 2 fully saturated rings. The minimum absolute atomic E-state index is 0.0426. The molecule has 5 amide bonds. The SMILES string of the molecule is CC.CC.CCC(C)[C@H](NC(=O)[C@H](C)CC(=O)[C@@H]1CSSC[C@H](NC(=O)C(CC(=O)[C@H](CC(C)(C)C)NC(C)(C)C)C(C)(C)C)C(=O)N2C[C@H](C)C[C@@H]2C(=O)C[C@@H](Cc2ccc(O)c(C)c2)C(=O)N[C@@H](C)C(=O)C[C@@H](CC(C)C)C(=O)N1)C(=O)C[C@@H](C)C(=O)C(C)(C)C. The van der Waals surface area contributed by atoms with E-state index in [2.05, 4.69) is 26.6 Å². The van der Waals surface area contributed by atoms with Crippen molar-refractivity contribution in [3.8, 4) is 5.75 Å². The second kappa shape index (κ2) is 38.7. The highest BCUT2D eigenvalue weighted by molar-refractivity contribution is 8.76. The molecule has 2 aliphatic heterocycles. The first-order chi connectivity index (χ1) is 42.8. The van der Waals surface area contributed by atoms with E-state index in [1.165, 1.54) is 17.9 Å². The first-order valence-electron chi connectivity index (χ1n) is 34.3. The van der Waals surface area contributed by atoms with E-state index in [9.17, 15) is 48.3 Å². The zero-order chi connectivity index (χ0) is 72.0. The Balaban J connectivity index is 0.0000106. The van der Waals surface area contributed by atoms with Gasteiger partial charge in [-0.05, 0) is 106 Å².